The summed E-state index contributed by atoms with van der Waals surface area (Å²) in [5, 5.41) is 5.25. The molecule has 0 aliphatic heterocycles. The van der Waals surface area contributed by atoms with Crippen LogP contribution < -0.4 is 10.2 Å². The van der Waals surface area contributed by atoms with E-state index in [0.717, 1.165) is 24.6 Å². The van der Waals surface area contributed by atoms with Gasteiger partial charge in [-0.3, -0.25) is 4.98 Å². The Morgan fingerprint density at radius 1 is 1.42 bits per heavy atom. The second-order valence-electron chi connectivity index (χ2n) is 4.84. The van der Waals surface area contributed by atoms with Crippen LogP contribution in [0.1, 0.15) is 23.4 Å². The molecular formula is C14H18N4S. The minimum Gasteiger partial charge on any atom is -0.347 e. The number of hydrogen-bond acceptors (Lipinski definition) is 5. The van der Waals surface area contributed by atoms with Crippen molar-refractivity contribution in [2.45, 2.75) is 32.0 Å². The monoisotopic (exact) mass is 274 g/mol. The van der Waals surface area contributed by atoms with E-state index in [2.05, 4.69) is 32.7 Å². The highest BCUT2D eigenvalue weighted by Crippen LogP contribution is 2.32. The van der Waals surface area contributed by atoms with Crippen molar-refractivity contribution in [1.29, 1.82) is 0 Å². The smallest absolute Gasteiger partial charge is 0.148 e. The molecule has 0 aromatic carbocycles. The summed E-state index contributed by atoms with van der Waals surface area (Å²) in [6.45, 7) is 1.71. The molecule has 3 rings (SSSR count). The first-order valence-electron chi connectivity index (χ1n) is 6.61. The molecule has 19 heavy (non-hydrogen) atoms. The first kappa shape index (κ1) is 12.6. The van der Waals surface area contributed by atoms with Crippen LogP contribution >= 0.6 is 11.3 Å². The van der Waals surface area contributed by atoms with E-state index in [1.165, 1.54) is 17.7 Å². The zero-order chi connectivity index (χ0) is 13.1. The van der Waals surface area contributed by atoms with Crippen LogP contribution in [0.15, 0.2) is 29.9 Å². The Balaban J connectivity index is 1.81. The Bertz CT molecular complexity index is 522. The molecule has 1 N–H and O–H groups in total. The molecule has 0 bridgehead atoms. The van der Waals surface area contributed by atoms with Crippen molar-refractivity contribution in [2.75, 3.05) is 11.9 Å². The highest BCUT2D eigenvalue weighted by atomic mass is 32.1. The third-order valence-electron chi connectivity index (χ3n) is 3.22. The summed E-state index contributed by atoms with van der Waals surface area (Å²) in [5.74, 6) is 1.00. The third-order valence-corrected chi connectivity index (χ3v) is 4.08. The van der Waals surface area contributed by atoms with Crippen LogP contribution in [0, 0.1) is 0 Å². The van der Waals surface area contributed by atoms with Gasteiger partial charge in [0.05, 0.1) is 18.4 Å². The molecule has 1 aliphatic carbocycles. The summed E-state index contributed by atoms with van der Waals surface area (Å²) in [4.78, 5) is 12.8. The first-order chi connectivity index (χ1) is 9.36. The fourth-order valence-electron chi connectivity index (χ4n) is 2.15. The zero-order valence-corrected chi connectivity index (χ0v) is 11.9. The predicted molar refractivity (Wildman–Crippen MR) is 78.3 cm³/mol. The molecule has 1 aliphatic rings. The van der Waals surface area contributed by atoms with Crippen molar-refractivity contribution in [3.05, 3.63) is 40.5 Å². The van der Waals surface area contributed by atoms with Crippen LogP contribution in [-0.4, -0.2) is 23.1 Å². The molecule has 2 heterocycles. The number of thiophene rings is 1. The lowest BCUT2D eigenvalue weighted by molar-refractivity contribution is 0.749. The van der Waals surface area contributed by atoms with Crippen LogP contribution in [0.4, 0.5) is 5.82 Å². The van der Waals surface area contributed by atoms with Crippen LogP contribution in [0.5, 0.6) is 0 Å². The molecule has 0 unspecified atom stereocenters. The SMILES string of the molecule is CNCc1cncc(N(Cc2cccs2)C2CC2)n1. The van der Waals surface area contributed by atoms with Gasteiger partial charge >= 0.3 is 0 Å². The highest BCUT2D eigenvalue weighted by Gasteiger charge is 2.30. The number of nitrogens with one attached hydrogen (secondary N) is 1. The summed E-state index contributed by atoms with van der Waals surface area (Å²) in [6.07, 6.45) is 6.24. The van der Waals surface area contributed by atoms with E-state index >= 15 is 0 Å². The van der Waals surface area contributed by atoms with E-state index in [9.17, 15) is 0 Å². The van der Waals surface area contributed by atoms with E-state index in [1.807, 2.05) is 19.4 Å². The Kier molecular flexibility index (Phi) is 3.75. The van der Waals surface area contributed by atoms with Crippen molar-refractivity contribution in [1.82, 2.24) is 15.3 Å². The van der Waals surface area contributed by atoms with Gasteiger partial charge in [-0.05, 0) is 31.3 Å². The summed E-state index contributed by atoms with van der Waals surface area (Å²) >= 11 is 1.80. The van der Waals surface area contributed by atoms with Gasteiger partial charge in [-0.15, -0.1) is 11.3 Å². The average Bonchev–Trinajstić information content (AvgIpc) is 3.14. The number of anilines is 1. The van der Waals surface area contributed by atoms with Gasteiger partial charge < -0.3 is 10.2 Å². The molecule has 0 atom stereocenters. The van der Waals surface area contributed by atoms with Gasteiger partial charge in [0, 0.05) is 23.7 Å². The molecule has 2 aromatic heterocycles. The van der Waals surface area contributed by atoms with Crippen molar-refractivity contribution in [2.24, 2.45) is 0 Å². The average molecular weight is 274 g/mol. The van der Waals surface area contributed by atoms with E-state index in [-0.39, 0.29) is 0 Å². The van der Waals surface area contributed by atoms with Crippen molar-refractivity contribution < 1.29 is 0 Å². The van der Waals surface area contributed by atoms with Gasteiger partial charge in [0.15, 0.2) is 0 Å². The van der Waals surface area contributed by atoms with Crippen molar-refractivity contribution in [3.63, 3.8) is 0 Å². The lowest BCUT2D eigenvalue weighted by Crippen LogP contribution is -2.26. The van der Waals surface area contributed by atoms with E-state index in [4.69, 9.17) is 4.98 Å². The van der Waals surface area contributed by atoms with Gasteiger partial charge in [0.1, 0.15) is 5.82 Å². The lowest BCUT2D eigenvalue weighted by Gasteiger charge is -2.22. The molecule has 5 heteroatoms. The molecule has 0 radical (unpaired) electrons. The van der Waals surface area contributed by atoms with E-state index in [1.54, 1.807) is 11.3 Å². The molecule has 0 spiro atoms. The first-order valence-corrected chi connectivity index (χ1v) is 7.49. The minimum absolute atomic E-state index is 0.640. The number of nitrogens with zero attached hydrogens (tertiary/aromatic N) is 3. The van der Waals surface area contributed by atoms with Crippen molar-refractivity contribution in [3.8, 4) is 0 Å². The molecular weight excluding hydrogens is 256 g/mol. The second kappa shape index (κ2) is 5.67. The van der Waals surface area contributed by atoms with E-state index in [0.29, 0.717) is 6.04 Å². The second-order valence-corrected chi connectivity index (χ2v) is 5.87. The van der Waals surface area contributed by atoms with E-state index < -0.39 is 0 Å². The number of hydrogen-bond donors (Lipinski definition) is 1. The molecule has 0 amide bonds. The normalized spacial score (nSPS) is 14.6. The summed E-state index contributed by atoms with van der Waals surface area (Å²) in [7, 11) is 1.93. The van der Waals surface area contributed by atoms with Gasteiger partial charge in [-0.1, -0.05) is 6.07 Å². The molecule has 2 aromatic rings. The fraction of sp³-hybridized carbons (Fsp3) is 0.429. The van der Waals surface area contributed by atoms with Crippen LogP contribution in [0.25, 0.3) is 0 Å². The summed E-state index contributed by atoms with van der Waals surface area (Å²) in [6, 6.07) is 4.93. The fourth-order valence-corrected chi connectivity index (χ4v) is 2.86. The molecule has 0 saturated heterocycles. The Hall–Kier alpha value is -1.46. The maximum atomic E-state index is 4.71. The van der Waals surface area contributed by atoms with Gasteiger partial charge in [-0.25, -0.2) is 4.98 Å². The number of rotatable bonds is 6. The zero-order valence-electron chi connectivity index (χ0n) is 11.0. The largest absolute Gasteiger partial charge is 0.347 e. The Morgan fingerprint density at radius 2 is 2.32 bits per heavy atom. The predicted octanol–water partition coefficient (Wildman–Crippen LogP) is 2.43. The van der Waals surface area contributed by atoms with Gasteiger partial charge in [-0.2, -0.15) is 0 Å². The summed E-state index contributed by atoms with van der Waals surface area (Å²) in [5.41, 5.74) is 0.997. The Labute approximate surface area is 117 Å². The molecule has 1 fully saturated rings. The van der Waals surface area contributed by atoms with Crippen LogP contribution in [0.2, 0.25) is 0 Å². The molecule has 100 valence electrons. The topological polar surface area (TPSA) is 41.1 Å². The van der Waals surface area contributed by atoms with Crippen LogP contribution in [0.3, 0.4) is 0 Å². The van der Waals surface area contributed by atoms with Crippen molar-refractivity contribution >= 4 is 17.2 Å². The molecule has 4 nitrogen and oxygen atoms in total. The molecule has 1 saturated carbocycles. The summed E-state index contributed by atoms with van der Waals surface area (Å²) < 4.78 is 0. The van der Waals surface area contributed by atoms with Gasteiger partial charge in [0.25, 0.3) is 0 Å². The highest BCUT2D eigenvalue weighted by molar-refractivity contribution is 7.09. The lowest BCUT2D eigenvalue weighted by atomic mass is 10.3. The maximum absolute atomic E-state index is 4.71. The number of aromatic nitrogens is 2. The minimum atomic E-state index is 0.640. The van der Waals surface area contributed by atoms with Gasteiger partial charge in [0.2, 0.25) is 0 Å². The maximum Gasteiger partial charge on any atom is 0.148 e. The third kappa shape index (κ3) is 3.11. The quantitative estimate of drug-likeness (QED) is 0.878. The Morgan fingerprint density at radius 3 is 3.00 bits per heavy atom. The van der Waals surface area contributed by atoms with Crippen LogP contribution in [-0.2, 0) is 13.1 Å². The standard InChI is InChI=1S/C14H18N4S/c1-15-7-11-8-16-9-14(17-11)18(12-4-5-12)10-13-3-2-6-19-13/h2-3,6,8-9,12,15H,4-5,7,10H2,1H3.